The molecule has 6 nitrogen and oxygen atoms in total. The molecule has 4 rings (SSSR count). The highest BCUT2D eigenvalue weighted by Gasteiger charge is 2.15. The van der Waals surface area contributed by atoms with Crippen molar-refractivity contribution in [2.45, 2.75) is 39.7 Å². The SMILES string of the molecule is CCCCc1nc2ccc(Br)cc2c(=O)n1N=Cc1cc(Cl)c(OCc2ccc(Br)cc2Br)c(OCC)c1. The van der Waals surface area contributed by atoms with Crippen LogP contribution in [0.25, 0.3) is 10.9 Å². The summed E-state index contributed by atoms with van der Waals surface area (Å²) in [7, 11) is 0. The van der Waals surface area contributed by atoms with Gasteiger partial charge >= 0.3 is 0 Å². The molecule has 0 radical (unpaired) electrons. The molecule has 0 fully saturated rings. The van der Waals surface area contributed by atoms with Crippen molar-refractivity contribution in [3.63, 3.8) is 0 Å². The number of aromatic nitrogens is 2. The first kappa shape index (κ1) is 28.8. The molecular weight excluding hydrogens is 701 g/mol. The Labute approximate surface area is 251 Å². The number of nitrogens with zero attached hydrogens (tertiary/aromatic N) is 3. The van der Waals surface area contributed by atoms with E-state index in [2.05, 4.69) is 59.8 Å². The van der Waals surface area contributed by atoms with Gasteiger partial charge in [0.25, 0.3) is 5.56 Å². The highest BCUT2D eigenvalue weighted by Crippen LogP contribution is 2.37. The Kier molecular flexibility index (Phi) is 10.0. The summed E-state index contributed by atoms with van der Waals surface area (Å²) in [5.74, 6) is 1.55. The summed E-state index contributed by atoms with van der Waals surface area (Å²) < 4.78 is 16.0. The molecule has 0 spiro atoms. The predicted octanol–water partition coefficient (Wildman–Crippen LogP) is 8.54. The molecule has 0 N–H and O–H groups in total. The van der Waals surface area contributed by atoms with Gasteiger partial charge in [-0.25, -0.2) is 4.98 Å². The molecule has 1 aromatic heterocycles. The van der Waals surface area contributed by atoms with Gasteiger partial charge in [-0.2, -0.15) is 9.78 Å². The zero-order valence-electron chi connectivity index (χ0n) is 20.8. The van der Waals surface area contributed by atoms with Crippen LogP contribution in [0.15, 0.2) is 71.8 Å². The molecule has 0 unspecified atom stereocenters. The van der Waals surface area contributed by atoms with Gasteiger partial charge < -0.3 is 9.47 Å². The highest BCUT2D eigenvalue weighted by molar-refractivity contribution is 9.11. The second-order valence-corrected chi connectivity index (χ2v) is 11.5. The lowest BCUT2D eigenvalue weighted by Crippen LogP contribution is -2.22. The number of fused-ring (bicyclic) bond motifs is 1. The summed E-state index contributed by atoms with van der Waals surface area (Å²) in [5, 5.41) is 5.40. The zero-order chi connectivity index (χ0) is 27.2. The summed E-state index contributed by atoms with van der Waals surface area (Å²) in [5.41, 5.74) is 2.05. The maximum Gasteiger partial charge on any atom is 0.282 e. The van der Waals surface area contributed by atoms with Crippen molar-refractivity contribution < 1.29 is 9.47 Å². The van der Waals surface area contributed by atoms with Crippen molar-refractivity contribution in [3.05, 3.63) is 94.3 Å². The normalized spacial score (nSPS) is 11.4. The van der Waals surface area contributed by atoms with Crippen molar-refractivity contribution in [3.8, 4) is 11.5 Å². The molecular formula is C28H25Br3ClN3O3. The molecule has 0 amide bonds. The lowest BCUT2D eigenvalue weighted by atomic mass is 10.2. The van der Waals surface area contributed by atoms with Crippen LogP contribution in [0, 0.1) is 0 Å². The van der Waals surface area contributed by atoms with E-state index in [1.165, 1.54) is 4.68 Å². The van der Waals surface area contributed by atoms with Crippen molar-refractivity contribution in [1.29, 1.82) is 0 Å². The summed E-state index contributed by atoms with van der Waals surface area (Å²) in [4.78, 5) is 18.1. The van der Waals surface area contributed by atoms with Gasteiger partial charge in [0.1, 0.15) is 12.4 Å². The average Bonchev–Trinajstić information content (AvgIpc) is 2.88. The average molecular weight is 727 g/mol. The minimum absolute atomic E-state index is 0.227. The number of halogens is 4. The molecule has 0 aliphatic rings. The van der Waals surface area contributed by atoms with Crippen molar-refractivity contribution >= 4 is 76.5 Å². The third-order valence-electron chi connectivity index (χ3n) is 5.67. The Bertz CT molecular complexity index is 1560. The van der Waals surface area contributed by atoms with Crippen molar-refractivity contribution in [1.82, 2.24) is 9.66 Å². The zero-order valence-corrected chi connectivity index (χ0v) is 26.3. The van der Waals surface area contributed by atoms with Gasteiger partial charge in [0.05, 0.1) is 28.7 Å². The predicted molar refractivity (Wildman–Crippen MR) is 164 cm³/mol. The smallest absolute Gasteiger partial charge is 0.282 e. The molecule has 0 saturated carbocycles. The fourth-order valence-electron chi connectivity index (χ4n) is 3.79. The number of unbranched alkanes of at least 4 members (excludes halogenated alkanes) is 1. The van der Waals surface area contributed by atoms with Crippen LogP contribution in [0.5, 0.6) is 11.5 Å². The number of hydrogen-bond donors (Lipinski definition) is 0. The minimum atomic E-state index is -0.227. The van der Waals surface area contributed by atoms with Crippen LogP contribution < -0.4 is 15.0 Å². The largest absolute Gasteiger partial charge is 0.490 e. The Balaban J connectivity index is 1.69. The van der Waals surface area contributed by atoms with E-state index >= 15 is 0 Å². The van der Waals surface area contributed by atoms with E-state index in [4.69, 9.17) is 26.1 Å². The summed E-state index contributed by atoms with van der Waals surface area (Å²) in [6, 6.07) is 14.9. The third kappa shape index (κ3) is 6.86. The first-order valence-corrected chi connectivity index (χ1v) is 14.8. The fourth-order valence-corrected chi connectivity index (χ4v) is 5.59. The molecule has 3 aromatic carbocycles. The van der Waals surface area contributed by atoms with Crippen LogP contribution in [-0.2, 0) is 13.0 Å². The molecule has 0 saturated heterocycles. The third-order valence-corrected chi connectivity index (χ3v) is 7.68. The molecule has 10 heteroatoms. The van der Waals surface area contributed by atoms with Crippen LogP contribution >= 0.6 is 59.4 Å². The lowest BCUT2D eigenvalue weighted by Gasteiger charge is -2.15. The molecule has 38 heavy (non-hydrogen) atoms. The minimum Gasteiger partial charge on any atom is -0.490 e. The standard InChI is InChI=1S/C28H25Br3ClN3O3/c1-3-5-6-26-34-24-10-9-19(29)13-21(24)28(36)35(26)33-15-17-11-23(32)27(25(12-17)37-4-2)38-16-18-7-8-20(30)14-22(18)31/h7-15H,3-6,16H2,1-2H3. The van der Waals surface area contributed by atoms with E-state index in [1.54, 1.807) is 24.4 Å². The maximum atomic E-state index is 13.4. The monoisotopic (exact) mass is 723 g/mol. The van der Waals surface area contributed by atoms with Gasteiger partial charge in [-0.05, 0) is 61.4 Å². The number of aryl methyl sites for hydroxylation is 1. The number of ether oxygens (including phenoxy) is 2. The highest BCUT2D eigenvalue weighted by atomic mass is 79.9. The van der Waals surface area contributed by atoms with Crippen LogP contribution in [0.3, 0.4) is 0 Å². The van der Waals surface area contributed by atoms with Gasteiger partial charge in [0.15, 0.2) is 11.5 Å². The van der Waals surface area contributed by atoms with E-state index in [0.29, 0.717) is 58.4 Å². The molecule has 0 atom stereocenters. The van der Waals surface area contributed by atoms with E-state index in [0.717, 1.165) is 31.8 Å². The Morgan fingerprint density at radius 3 is 2.53 bits per heavy atom. The van der Waals surface area contributed by atoms with Gasteiger partial charge in [-0.1, -0.05) is 78.8 Å². The number of hydrogen-bond acceptors (Lipinski definition) is 5. The van der Waals surface area contributed by atoms with E-state index in [1.807, 2.05) is 37.3 Å². The number of benzene rings is 3. The fraction of sp³-hybridized carbons (Fsp3) is 0.250. The molecule has 0 aliphatic heterocycles. The quantitative estimate of drug-likeness (QED) is 0.154. The molecule has 4 aromatic rings. The Morgan fingerprint density at radius 1 is 1.03 bits per heavy atom. The molecule has 0 bridgehead atoms. The molecule has 0 aliphatic carbocycles. The van der Waals surface area contributed by atoms with Gasteiger partial charge in [-0.3, -0.25) is 4.79 Å². The van der Waals surface area contributed by atoms with Crippen molar-refractivity contribution in [2.24, 2.45) is 5.10 Å². The van der Waals surface area contributed by atoms with E-state index in [-0.39, 0.29) is 5.56 Å². The first-order chi connectivity index (χ1) is 18.3. The topological polar surface area (TPSA) is 65.7 Å². The number of rotatable bonds is 10. The summed E-state index contributed by atoms with van der Waals surface area (Å²) in [6.45, 7) is 4.72. The van der Waals surface area contributed by atoms with Crippen LogP contribution in [0.1, 0.15) is 43.6 Å². The van der Waals surface area contributed by atoms with Crippen LogP contribution in [-0.4, -0.2) is 22.5 Å². The first-order valence-electron chi connectivity index (χ1n) is 12.1. The second-order valence-electron chi connectivity index (χ2n) is 8.44. The second kappa shape index (κ2) is 13.2. The molecule has 198 valence electrons. The lowest BCUT2D eigenvalue weighted by molar-refractivity contribution is 0.269. The van der Waals surface area contributed by atoms with E-state index < -0.39 is 0 Å². The summed E-state index contributed by atoms with van der Waals surface area (Å²) >= 11 is 17.1. The molecule has 1 heterocycles. The van der Waals surface area contributed by atoms with Gasteiger partial charge in [-0.15, -0.1) is 0 Å². The van der Waals surface area contributed by atoms with Crippen LogP contribution in [0.4, 0.5) is 0 Å². The van der Waals surface area contributed by atoms with Crippen molar-refractivity contribution in [2.75, 3.05) is 6.61 Å². The van der Waals surface area contributed by atoms with Gasteiger partial charge in [0, 0.05) is 25.4 Å². The van der Waals surface area contributed by atoms with Crippen LogP contribution in [0.2, 0.25) is 5.02 Å². The Morgan fingerprint density at radius 2 is 1.79 bits per heavy atom. The van der Waals surface area contributed by atoms with E-state index in [9.17, 15) is 4.79 Å². The van der Waals surface area contributed by atoms with Gasteiger partial charge in [0.2, 0.25) is 0 Å². The summed E-state index contributed by atoms with van der Waals surface area (Å²) in [6.07, 6.45) is 4.10. The maximum absolute atomic E-state index is 13.4. The Hall–Kier alpha value is -2.20.